The Morgan fingerprint density at radius 2 is 2.25 bits per heavy atom. The lowest BCUT2D eigenvalue weighted by Gasteiger charge is -2.28. The minimum Gasteiger partial charge on any atom is -0.390 e. The van der Waals surface area contributed by atoms with Crippen molar-refractivity contribution in [3.05, 3.63) is 22.4 Å². The molecule has 0 aromatic carbocycles. The lowest BCUT2D eigenvalue weighted by molar-refractivity contribution is 0.0920. The molecule has 1 atom stereocenters. The minimum absolute atomic E-state index is 0.299. The number of nitrogens with one attached hydrogen (secondary N) is 1. The maximum Gasteiger partial charge on any atom is 0.0791 e. The van der Waals surface area contributed by atoms with Crippen molar-refractivity contribution in [1.82, 2.24) is 10.2 Å². The summed E-state index contributed by atoms with van der Waals surface area (Å²) in [5.74, 6) is 0. The van der Waals surface area contributed by atoms with E-state index in [1.165, 1.54) is 4.88 Å². The Balaban J connectivity index is 2.48. The lowest BCUT2D eigenvalue weighted by atomic mass is 10.2. The Labute approximate surface area is 102 Å². The fraction of sp³-hybridized carbons (Fsp3) is 0.667. The number of hydrogen-bond donors (Lipinski definition) is 2. The van der Waals surface area contributed by atoms with Gasteiger partial charge in [0.05, 0.1) is 6.10 Å². The van der Waals surface area contributed by atoms with Gasteiger partial charge in [0.15, 0.2) is 0 Å². The molecule has 16 heavy (non-hydrogen) atoms. The molecule has 4 heteroatoms. The Kier molecular flexibility index (Phi) is 5.98. The lowest BCUT2D eigenvalue weighted by Crippen LogP contribution is -2.40. The average molecular weight is 242 g/mol. The molecule has 1 unspecified atom stereocenters. The van der Waals surface area contributed by atoms with Crippen molar-refractivity contribution < 1.29 is 5.11 Å². The number of aliphatic hydroxyl groups excluding tert-OH is 1. The van der Waals surface area contributed by atoms with Crippen LogP contribution in [0.4, 0.5) is 0 Å². The van der Waals surface area contributed by atoms with E-state index in [0.717, 1.165) is 13.1 Å². The molecule has 2 N–H and O–H groups in total. The van der Waals surface area contributed by atoms with Crippen LogP contribution in [-0.4, -0.2) is 42.3 Å². The van der Waals surface area contributed by atoms with Crippen molar-refractivity contribution in [2.45, 2.75) is 32.5 Å². The second kappa shape index (κ2) is 7.01. The van der Waals surface area contributed by atoms with Gasteiger partial charge in [-0.1, -0.05) is 6.07 Å². The van der Waals surface area contributed by atoms with Crippen LogP contribution in [-0.2, 0) is 6.54 Å². The van der Waals surface area contributed by atoms with Crippen LogP contribution >= 0.6 is 11.3 Å². The standard InChI is InChI=1S/C12H22N2OS/c1-10(2)14(8-11(15)7-13-3)9-12-5-4-6-16-12/h4-6,10-11,13,15H,7-9H2,1-3H3. The van der Waals surface area contributed by atoms with Crippen LogP contribution in [0.15, 0.2) is 17.5 Å². The summed E-state index contributed by atoms with van der Waals surface area (Å²) < 4.78 is 0. The highest BCUT2D eigenvalue weighted by Crippen LogP contribution is 2.14. The molecule has 0 saturated carbocycles. The smallest absolute Gasteiger partial charge is 0.0791 e. The number of thiophene rings is 1. The zero-order valence-electron chi connectivity index (χ0n) is 10.3. The summed E-state index contributed by atoms with van der Waals surface area (Å²) in [4.78, 5) is 3.65. The van der Waals surface area contributed by atoms with Crippen LogP contribution < -0.4 is 5.32 Å². The molecular formula is C12H22N2OS. The summed E-state index contributed by atoms with van der Waals surface area (Å²) in [6.07, 6.45) is -0.299. The molecule has 1 rings (SSSR count). The van der Waals surface area contributed by atoms with Crippen molar-refractivity contribution >= 4 is 11.3 Å². The third-order valence-corrected chi connectivity index (χ3v) is 3.42. The van der Waals surface area contributed by atoms with E-state index < -0.39 is 0 Å². The Bertz CT molecular complexity index is 275. The van der Waals surface area contributed by atoms with Gasteiger partial charge >= 0.3 is 0 Å². The van der Waals surface area contributed by atoms with Crippen molar-refractivity contribution in [3.63, 3.8) is 0 Å². The molecule has 0 aliphatic carbocycles. The van der Waals surface area contributed by atoms with Gasteiger partial charge in [0.25, 0.3) is 0 Å². The Morgan fingerprint density at radius 3 is 2.75 bits per heavy atom. The monoisotopic (exact) mass is 242 g/mol. The van der Waals surface area contributed by atoms with E-state index in [2.05, 4.69) is 41.6 Å². The zero-order valence-corrected chi connectivity index (χ0v) is 11.1. The molecule has 0 radical (unpaired) electrons. The maximum atomic E-state index is 9.80. The van der Waals surface area contributed by atoms with Gasteiger partial charge in [-0.15, -0.1) is 11.3 Å². The highest BCUT2D eigenvalue weighted by Gasteiger charge is 2.14. The van der Waals surface area contributed by atoms with Crippen LogP contribution in [0.5, 0.6) is 0 Å². The third kappa shape index (κ3) is 4.61. The van der Waals surface area contributed by atoms with Crippen LogP contribution in [0, 0.1) is 0 Å². The molecule has 0 bridgehead atoms. The van der Waals surface area contributed by atoms with Crippen LogP contribution in [0.2, 0.25) is 0 Å². The molecule has 1 heterocycles. The summed E-state index contributed by atoms with van der Waals surface area (Å²) in [6.45, 7) is 6.62. The van der Waals surface area contributed by atoms with E-state index in [9.17, 15) is 5.11 Å². The Hall–Kier alpha value is -0.420. The number of likely N-dealkylation sites (N-methyl/N-ethyl adjacent to an activating group) is 1. The highest BCUT2D eigenvalue weighted by atomic mass is 32.1. The number of rotatable bonds is 7. The molecule has 92 valence electrons. The van der Waals surface area contributed by atoms with E-state index in [1.807, 2.05) is 7.05 Å². The second-order valence-electron chi connectivity index (χ2n) is 4.31. The summed E-state index contributed by atoms with van der Waals surface area (Å²) >= 11 is 1.77. The SMILES string of the molecule is CNCC(O)CN(Cc1cccs1)C(C)C. The first kappa shape index (κ1) is 13.6. The average Bonchev–Trinajstić information content (AvgIpc) is 2.69. The largest absolute Gasteiger partial charge is 0.390 e. The number of hydrogen-bond acceptors (Lipinski definition) is 4. The predicted molar refractivity (Wildman–Crippen MR) is 69.8 cm³/mol. The van der Waals surface area contributed by atoms with Crippen LogP contribution in [0.1, 0.15) is 18.7 Å². The normalized spacial score (nSPS) is 13.6. The summed E-state index contributed by atoms with van der Waals surface area (Å²) in [7, 11) is 1.86. The minimum atomic E-state index is -0.299. The van der Waals surface area contributed by atoms with Gasteiger partial charge < -0.3 is 10.4 Å². The van der Waals surface area contributed by atoms with Gasteiger partial charge in [0.1, 0.15) is 0 Å². The second-order valence-corrected chi connectivity index (χ2v) is 5.35. The van der Waals surface area contributed by atoms with Crippen LogP contribution in [0.3, 0.4) is 0 Å². The maximum absolute atomic E-state index is 9.80. The van der Waals surface area contributed by atoms with Gasteiger partial charge in [0.2, 0.25) is 0 Å². The van der Waals surface area contributed by atoms with Gasteiger partial charge in [-0.05, 0) is 32.3 Å². The number of aliphatic hydroxyl groups is 1. The molecule has 1 aromatic rings. The summed E-state index contributed by atoms with van der Waals surface area (Å²) in [5, 5.41) is 14.9. The third-order valence-electron chi connectivity index (χ3n) is 2.55. The van der Waals surface area contributed by atoms with Crippen molar-refractivity contribution in [2.75, 3.05) is 20.1 Å². The molecule has 0 spiro atoms. The van der Waals surface area contributed by atoms with Gasteiger partial charge in [0, 0.05) is 30.6 Å². The zero-order chi connectivity index (χ0) is 12.0. The van der Waals surface area contributed by atoms with E-state index in [-0.39, 0.29) is 6.10 Å². The molecular weight excluding hydrogens is 220 g/mol. The van der Waals surface area contributed by atoms with Gasteiger partial charge in [-0.2, -0.15) is 0 Å². The van der Waals surface area contributed by atoms with Crippen molar-refractivity contribution in [1.29, 1.82) is 0 Å². The van der Waals surface area contributed by atoms with E-state index in [1.54, 1.807) is 11.3 Å². The first-order chi connectivity index (χ1) is 7.63. The summed E-state index contributed by atoms with van der Waals surface area (Å²) in [5.41, 5.74) is 0. The van der Waals surface area contributed by atoms with Gasteiger partial charge in [-0.25, -0.2) is 0 Å². The molecule has 0 aliphatic rings. The molecule has 0 saturated heterocycles. The van der Waals surface area contributed by atoms with Gasteiger partial charge in [-0.3, -0.25) is 4.90 Å². The molecule has 0 aliphatic heterocycles. The fourth-order valence-electron chi connectivity index (χ4n) is 1.63. The molecule has 0 amide bonds. The van der Waals surface area contributed by atoms with Crippen molar-refractivity contribution in [3.8, 4) is 0 Å². The first-order valence-corrected chi connectivity index (χ1v) is 6.60. The number of nitrogens with zero attached hydrogens (tertiary/aromatic N) is 1. The predicted octanol–water partition coefficient (Wildman–Crippen LogP) is 1.54. The Morgan fingerprint density at radius 1 is 1.50 bits per heavy atom. The quantitative estimate of drug-likeness (QED) is 0.761. The first-order valence-electron chi connectivity index (χ1n) is 5.72. The topological polar surface area (TPSA) is 35.5 Å². The summed E-state index contributed by atoms with van der Waals surface area (Å²) in [6, 6.07) is 4.67. The molecule has 3 nitrogen and oxygen atoms in total. The van der Waals surface area contributed by atoms with E-state index >= 15 is 0 Å². The fourth-order valence-corrected chi connectivity index (χ4v) is 2.36. The van der Waals surface area contributed by atoms with Crippen LogP contribution in [0.25, 0.3) is 0 Å². The highest BCUT2D eigenvalue weighted by molar-refractivity contribution is 7.09. The van der Waals surface area contributed by atoms with E-state index in [0.29, 0.717) is 12.6 Å². The van der Waals surface area contributed by atoms with E-state index in [4.69, 9.17) is 0 Å². The molecule has 1 aromatic heterocycles. The molecule has 0 fully saturated rings. The van der Waals surface area contributed by atoms with Crippen molar-refractivity contribution in [2.24, 2.45) is 0 Å².